The summed E-state index contributed by atoms with van der Waals surface area (Å²) in [7, 11) is 3.16. The van der Waals surface area contributed by atoms with E-state index in [0.717, 1.165) is 23.2 Å². The predicted molar refractivity (Wildman–Crippen MR) is 123 cm³/mol. The molecule has 0 saturated carbocycles. The number of carbonyl (C=O) groups excluding carboxylic acids is 1. The van der Waals surface area contributed by atoms with Gasteiger partial charge in [0, 0.05) is 5.69 Å². The number of amides is 1. The zero-order valence-corrected chi connectivity index (χ0v) is 18.7. The number of anilines is 1. The smallest absolute Gasteiger partial charge is 0.243 e. The highest BCUT2D eigenvalue weighted by Gasteiger charge is 2.05. The molecule has 0 aromatic heterocycles. The molecule has 28 heavy (non-hydrogen) atoms. The number of hydrogen-bond donors (Lipinski definition) is 3. The van der Waals surface area contributed by atoms with Crippen molar-refractivity contribution >= 4 is 41.5 Å². The molecule has 7 nitrogen and oxygen atoms in total. The van der Waals surface area contributed by atoms with Gasteiger partial charge in [0.25, 0.3) is 0 Å². The van der Waals surface area contributed by atoms with Crippen molar-refractivity contribution in [2.45, 2.75) is 19.9 Å². The van der Waals surface area contributed by atoms with Crippen molar-refractivity contribution < 1.29 is 14.3 Å². The number of hydrogen-bond acceptors (Lipinski definition) is 4. The Kier molecular flexibility index (Phi) is 10.1. The van der Waals surface area contributed by atoms with Gasteiger partial charge in [0.05, 0.1) is 27.3 Å². The zero-order chi connectivity index (χ0) is 19.6. The molecular formula is C20H27IN4O3. The molecule has 8 heteroatoms. The average Bonchev–Trinajstić information content (AvgIpc) is 2.70. The van der Waals surface area contributed by atoms with Gasteiger partial charge in [-0.2, -0.15) is 0 Å². The first-order valence-electron chi connectivity index (χ1n) is 8.69. The number of nitrogens with two attached hydrogens (primary N) is 1. The summed E-state index contributed by atoms with van der Waals surface area (Å²) in [5.74, 6) is 1.29. The Morgan fingerprint density at radius 2 is 1.82 bits per heavy atom. The summed E-state index contributed by atoms with van der Waals surface area (Å²) in [6, 6.07) is 13.3. The first-order valence-corrected chi connectivity index (χ1v) is 8.69. The molecule has 0 aliphatic rings. The minimum Gasteiger partial charge on any atom is -0.493 e. The van der Waals surface area contributed by atoms with Crippen LogP contribution in [-0.2, 0) is 17.8 Å². The quantitative estimate of drug-likeness (QED) is 0.296. The van der Waals surface area contributed by atoms with Crippen LogP contribution in [-0.4, -0.2) is 32.6 Å². The molecule has 0 unspecified atom stereocenters. The van der Waals surface area contributed by atoms with Crippen molar-refractivity contribution in [3.63, 3.8) is 0 Å². The lowest BCUT2D eigenvalue weighted by Crippen LogP contribution is -2.37. The van der Waals surface area contributed by atoms with Crippen molar-refractivity contribution in [3.05, 3.63) is 53.6 Å². The van der Waals surface area contributed by atoms with E-state index in [2.05, 4.69) is 22.5 Å². The van der Waals surface area contributed by atoms with Crippen LogP contribution in [0.3, 0.4) is 0 Å². The van der Waals surface area contributed by atoms with Crippen LogP contribution in [0.15, 0.2) is 47.5 Å². The normalized spacial score (nSPS) is 10.6. The summed E-state index contributed by atoms with van der Waals surface area (Å²) in [4.78, 5) is 16.3. The van der Waals surface area contributed by atoms with Gasteiger partial charge in [-0.25, -0.2) is 4.99 Å². The standard InChI is InChI=1S/C20H26N4O3.HI/c1-4-14-6-5-7-16(10-14)24-19(25)13-23-20(21)22-12-15-8-9-17(26-2)18(11-15)27-3;/h5-11H,4,12-13H2,1-3H3,(H,24,25)(H3,21,22,23);1H. The van der Waals surface area contributed by atoms with Crippen LogP contribution in [0.2, 0.25) is 0 Å². The summed E-state index contributed by atoms with van der Waals surface area (Å²) in [6.07, 6.45) is 0.914. The number of carbonyl (C=O) groups is 1. The number of aliphatic imine (C=N–C) groups is 1. The number of methoxy groups -OCH3 is 2. The summed E-state index contributed by atoms with van der Waals surface area (Å²) in [5, 5.41) is 5.64. The summed E-state index contributed by atoms with van der Waals surface area (Å²) < 4.78 is 10.5. The van der Waals surface area contributed by atoms with E-state index in [0.29, 0.717) is 18.0 Å². The predicted octanol–water partition coefficient (Wildman–Crippen LogP) is 2.93. The second-order valence-corrected chi connectivity index (χ2v) is 5.85. The highest BCUT2D eigenvalue weighted by Crippen LogP contribution is 2.27. The SMILES string of the molecule is CCc1cccc(NC(=O)CNC(N)=NCc2ccc(OC)c(OC)c2)c1.I. The summed E-state index contributed by atoms with van der Waals surface area (Å²) in [6.45, 7) is 2.47. The summed E-state index contributed by atoms with van der Waals surface area (Å²) in [5.41, 5.74) is 8.68. The van der Waals surface area contributed by atoms with E-state index in [1.807, 2.05) is 42.5 Å². The molecule has 152 valence electrons. The zero-order valence-electron chi connectivity index (χ0n) is 16.3. The molecule has 0 atom stereocenters. The molecule has 0 heterocycles. The van der Waals surface area contributed by atoms with E-state index in [1.165, 1.54) is 0 Å². The molecule has 2 aromatic carbocycles. The Labute approximate surface area is 182 Å². The molecule has 0 fully saturated rings. The van der Waals surface area contributed by atoms with E-state index in [1.54, 1.807) is 14.2 Å². The third kappa shape index (κ3) is 7.26. The average molecular weight is 498 g/mol. The Morgan fingerprint density at radius 3 is 2.50 bits per heavy atom. The number of nitrogens with zero attached hydrogens (tertiary/aromatic N) is 1. The van der Waals surface area contributed by atoms with Crippen molar-refractivity contribution in [2.24, 2.45) is 10.7 Å². The largest absolute Gasteiger partial charge is 0.493 e. The van der Waals surface area contributed by atoms with Crippen LogP contribution >= 0.6 is 24.0 Å². The number of ether oxygens (including phenoxy) is 2. The Hall–Kier alpha value is -2.49. The van der Waals surface area contributed by atoms with Gasteiger partial charge < -0.3 is 25.8 Å². The molecule has 1 amide bonds. The Balaban J connectivity index is 0.00000392. The van der Waals surface area contributed by atoms with E-state index in [4.69, 9.17) is 15.2 Å². The lowest BCUT2D eigenvalue weighted by atomic mass is 10.1. The van der Waals surface area contributed by atoms with Gasteiger partial charge in [-0.15, -0.1) is 24.0 Å². The van der Waals surface area contributed by atoms with Crippen molar-refractivity contribution in [3.8, 4) is 11.5 Å². The van der Waals surface area contributed by atoms with Gasteiger partial charge in [0.1, 0.15) is 0 Å². The molecule has 0 spiro atoms. The van der Waals surface area contributed by atoms with Crippen LogP contribution in [0, 0.1) is 0 Å². The molecule has 0 bridgehead atoms. The van der Waals surface area contributed by atoms with Crippen LogP contribution in [0.4, 0.5) is 5.69 Å². The first-order chi connectivity index (χ1) is 13.0. The molecular weight excluding hydrogens is 471 g/mol. The highest BCUT2D eigenvalue weighted by atomic mass is 127. The fraction of sp³-hybridized carbons (Fsp3) is 0.300. The Morgan fingerprint density at radius 1 is 1.07 bits per heavy atom. The fourth-order valence-corrected chi connectivity index (χ4v) is 2.46. The van der Waals surface area contributed by atoms with Gasteiger partial charge in [0.2, 0.25) is 5.91 Å². The number of halogens is 1. The fourth-order valence-electron chi connectivity index (χ4n) is 2.46. The lowest BCUT2D eigenvalue weighted by molar-refractivity contribution is -0.115. The first kappa shape index (κ1) is 23.5. The summed E-state index contributed by atoms with van der Waals surface area (Å²) >= 11 is 0. The van der Waals surface area contributed by atoms with Crippen LogP contribution < -0.4 is 25.8 Å². The third-order valence-electron chi connectivity index (χ3n) is 3.93. The van der Waals surface area contributed by atoms with Crippen molar-refractivity contribution in [1.82, 2.24) is 5.32 Å². The van der Waals surface area contributed by atoms with Crippen molar-refractivity contribution in [2.75, 3.05) is 26.1 Å². The number of aryl methyl sites for hydroxylation is 1. The van der Waals surface area contributed by atoms with Crippen molar-refractivity contribution in [1.29, 1.82) is 0 Å². The van der Waals surface area contributed by atoms with Gasteiger partial charge in [0.15, 0.2) is 17.5 Å². The van der Waals surface area contributed by atoms with Gasteiger partial charge >= 0.3 is 0 Å². The number of nitrogens with one attached hydrogen (secondary N) is 2. The number of rotatable bonds is 8. The van der Waals surface area contributed by atoms with Gasteiger partial charge in [-0.1, -0.05) is 25.1 Å². The molecule has 2 aromatic rings. The lowest BCUT2D eigenvalue weighted by Gasteiger charge is -2.10. The van der Waals surface area contributed by atoms with E-state index in [9.17, 15) is 4.79 Å². The minimum absolute atomic E-state index is 0. The highest BCUT2D eigenvalue weighted by molar-refractivity contribution is 14.0. The van der Waals surface area contributed by atoms with Crippen LogP contribution in [0.1, 0.15) is 18.1 Å². The molecule has 2 rings (SSSR count). The molecule has 0 saturated heterocycles. The second kappa shape index (κ2) is 12.1. The molecule has 0 aliphatic carbocycles. The van der Waals surface area contributed by atoms with E-state index < -0.39 is 0 Å². The van der Waals surface area contributed by atoms with Crippen LogP contribution in [0.25, 0.3) is 0 Å². The maximum absolute atomic E-state index is 12.0. The second-order valence-electron chi connectivity index (χ2n) is 5.85. The monoisotopic (exact) mass is 498 g/mol. The molecule has 4 N–H and O–H groups in total. The molecule has 0 aliphatic heterocycles. The van der Waals surface area contributed by atoms with E-state index >= 15 is 0 Å². The van der Waals surface area contributed by atoms with Crippen LogP contribution in [0.5, 0.6) is 11.5 Å². The van der Waals surface area contributed by atoms with E-state index in [-0.39, 0.29) is 42.4 Å². The van der Waals surface area contributed by atoms with Gasteiger partial charge in [-0.3, -0.25) is 4.79 Å². The maximum Gasteiger partial charge on any atom is 0.243 e. The van der Waals surface area contributed by atoms with Gasteiger partial charge in [-0.05, 0) is 41.8 Å². The molecule has 0 radical (unpaired) electrons. The number of benzene rings is 2. The minimum atomic E-state index is -0.187. The maximum atomic E-state index is 12.0. The Bertz CT molecular complexity index is 812. The topological polar surface area (TPSA) is 98.0 Å². The third-order valence-corrected chi connectivity index (χ3v) is 3.93. The number of guanidine groups is 1.